The predicted molar refractivity (Wildman–Crippen MR) is 103 cm³/mol. The molecule has 27 heavy (non-hydrogen) atoms. The van der Waals surface area contributed by atoms with E-state index in [1.165, 1.54) is 27.4 Å². The molecule has 1 amide bonds. The number of piperidine rings is 1. The van der Waals surface area contributed by atoms with Gasteiger partial charge in [0.05, 0.1) is 11.0 Å². The number of nitriles is 1. The molecule has 0 aliphatic carbocycles. The Bertz CT molecular complexity index is 893. The number of carbonyl (C=O) groups excluding carboxylic acids is 1. The second-order valence-corrected chi connectivity index (χ2v) is 9.45. The highest BCUT2D eigenvalue weighted by atomic mass is 35.5. The first-order valence-corrected chi connectivity index (χ1v) is 10.8. The Morgan fingerprint density at radius 2 is 1.93 bits per heavy atom. The van der Waals surface area contributed by atoms with Crippen molar-refractivity contribution >= 4 is 39.1 Å². The largest absolute Gasteiger partial charge is 0.327 e. The van der Waals surface area contributed by atoms with Crippen molar-refractivity contribution in [1.82, 2.24) is 9.21 Å². The van der Waals surface area contributed by atoms with Gasteiger partial charge in [-0.3, -0.25) is 4.79 Å². The number of hydrogen-bond acceptors (Lipinski definition) is 4. The van der Waals surface area contributed by atoms with Gasteiger partial charge in [-0.05, 0) is 37.5 Å². The molecule has 1 aromatic carbocycles. The molecule has 3 rings (SSSR count). The van der Waals surface area contributed by atoms with Gasteiger partial charge in [0.2, 0.25) is 15.9 Å². The topological polar surface area (TPSA) is 81.5 Å². The Kier molecular flexibility index (Phi) is 5.82. The minimum Gasteiger partial charge on any atom is -0.327 e. The van der Waals surface area contributed by atoms with Crippen molar-refractivity contribution in [1.29, 1.82) is 5.26 Å². The molecule has 0 spiro atoms. The van der Waals surface area contributed by atoms with Crippen LogP contribution >= 0.6 is 23.2 Å². The van der Waals surface area contributed by atoms with Gasteiger partial charge < -0.3 is 4.90 Å². The summed E-state index contributed by atoms with van der Waals surface area (Å²) in [6.07, 6.45) is 3.43. The fourth-order valence-corrected chi connectivity index (χ4v) is 6.52. The highest BCUT2D eigenvalue weighted by molar-refractivity contribution is 7.89. The van der Waals surface area contributed by atoms with E-state index in [0.717, 1.165) is 6.42 Å². The third kappa shape index (κ3) is 3.72. The molecule has 2 aliphatic rings. The van der Waals surface area contributed by atoms with Crippen molar-refractivity contribution in [2.45, 2.75) is 36.2 Å². The van der Waals surface area contributed by atoms with Crippen molar-refractivity contribution in [3.63, 3.8) is 0 Å². The monoisotopic (exact) mass is 427 g/mol. The SMILES string of the molecule is C=C[C@H]1CN(CC#N)C(=O)C2CCCC1N2S(=O)(=O)c1cc(Cl)cc(Cl)c1. The number of hydrogen-bond donors (Lipinski definition) is 0. The standard InChI is InChI=1S/C18H19Cl2N3O3S/c1-2-12-11-22(7-6-21)18(24)17-5-3-4-16(12)23(17)27(25,26)15-9-13(19)8-14(20)10-15/h2,8-10,12,16-17H,1,3-5,7,11H2/t12-,16?,17?/m0/s1. The lowest BCUT2D eigenvalue weighted by Crippen LogP contribution is -2.54. The number of amides is 1. The van der Waals surface area contributed by atoms with Crippen LogP contribution in [0.2, 0.25) is 10.0 Å². The van der Waals surface area contributed by atoms with Crippen LogP contribution in [0.4, 0.5) is 0 Å². The van der Waals surface area contributed by atoms with Crippen LogP contribution in [0.5, 0.6) is 0 Å². The summed E-state index contributed by atoms with van der Waals surface area (Å²) in [5.74, 6) is -0.612. The van der Waals surface area contributed by atoms with E-state index in [2.05, 4.69) is 6.58 Å². The third-order valence-electron chi connectivity index (χ3n) is 5.11. The highest BCUT2D eigenvalue weighted by Crippen LogP contribution is 2.38. The molecule has 2 fully saturated rings. The minimum absolute atomic E-state index is 0.0405. The Hall–Kier alpha value is -1.59. The molecule has 2 saturated heterocycles. The third-order valence-corrected chi connectivity index (χ3v) is 7.46. The maximum absolute atomic E-state index is 13.5. The zero-order chi connectivity index (χ0) is 19.8. The quantitative estimate of drug-likeness (QED) is 0.545. The van der Waals surface area contributed by atoms with Crippen LogP contribution in [-0.2, 0) is 14.8 Å². The van der Waals surface area contributed by atoms with E-state index < -0.39 is 22.1 Å². The number of rotatable bonds is 4. The van der Waals surface area contributed by atoms with Crippen molar-refractivity contribution < 1.29 is 13.2 Å². The van der Waals surface area contributed by atoms with Crippen LogP contribution in [0.3, 0.4) is 0 Å². The zero-order valence-corrected chi connectivity index (χ0v) is 16.8. The normalized spacial score (nSPS) is 26.3. The molecule has 0 radical (unpaired) electrons. The molecular formula is C18H19Cl2N3O3S. The van der Waals surface area contributed by atoms with Gasteiger partial charge in [-0.2, -0.15) is 9.57 Å². The summed E-state index contributed by atoms with van der Waals surface area (Å²) in [6, 6.07) is 4.87. The molecule has 1 aromatic rings. The summed E-state index contributed by atoms with van der Waals surface area (Å²) in [7, 11) is -4.02. The van der Waals surface area contributed by atoms with Crippen molar-refractivity contribution in [2.75, 3.05) is 13.1 Å². The van der Waals surface area contributed by atoms with Gasteiger partial charge in [-0.15, -0.1) is 6.58 Å². The predicted octanol–water partition coefficient (Wildman–Crippen LogP) is 3.07. The summed E-state index contributed by atoms with van der Waals surface area (Å²) in [5.41, 5.74) is 0. The zero-order valence-electron chi connectivity index (χ0n) is 14.5. The van der Waals surface area contributed by atoms with E-state index in [1.807, 2.05) is 6.07 Å². The van der Waals surface area contributed by atoms with E-state index >= 15 is 0 Å². The summed E-state index contributed by atoms with van der Waals surface area (Å²) in [6.45, 7) is 4.02. The second-order valence-electron chi connectivity index (χ2n) is 6.73. The van der Waals surface area contributed by atoms with Crippen LogP contribution in [0, 0.1) is 17.2 Å². The summed E-state index contributed by atoms with van der Waals surface area (Å²) in [4.78, 5) is 14.4. The lowest BCUT2D eigenvalue weighted by Gasteiger charge is -2.40. The van der Waals surface area contributed by atoms with Gasteiger partial charge in [0, 0.05) is 28.5 Å². The molecule has 2 bridgehead atoms. The van der Waals surface area contributed by atoms with Crippen LogP contribution in [0.25, 0.3) is 0 Å². The van der Waals surface area contributed by atoms with E-state index in [9.17, 15) is 13.2 Å². The molecule has 2 heterocycles. The molecule has 2 aliphatic heterocycles. The number of nitrogens with zero attached hydrogens (tertiary/aromatic N) is 3. The van der Waals surface area contributed by atoms with Crippen LogP contribution in [0.15, 0.2) is 35.7 Å². The van der Waals surface area contributed by atoms with Gasteiger partial charge in [0.1, 0.15) is 12.6 Å². The fourth-order valence-electron chi connectivity index (χ4n) is 3.92. The smallest absolute Gasteiger partial charge is 0.244 e. The molecule has 6 nitrogen and oxygen atoms in total. The highest BCUT2D eigenvalue weighted by Gasteiger charge is 2.49. The first-order valence-electron chi connectivity index (χ1n) is 8.57. The molecule has 0 saturated carbocycles. The van der Waals surface area contributed by atoms with Gasteiger partial charge in [0.25, 0.3) is 0 Å². The first kappa shape index (κ1) is 20.2. The molecule has 2 unspecified atom stereocenters. The molecular weight excluding hydrogens is 409 g/mol. The molecule has 3 atom stereocenters. The first-order chi connectivity index (χ1) is 12.8. The number of fused-ring (bicyclic) bond motifs is 2. The number of benzene rings is 1. The van der Waals surface area contributed by atoms with Crippen LogP contribution < -0.4 is 0 Å². The Balaban J connectivity index is 2.13. The average molecular weight is 428 g/mol. The minimum atomic E-state index is -4.02. The number of carbonyl (C=O) groups is 1. The molecule has 144 valence electrons. The van der Waals surface area contributed by atoms with Gasteiger partial charge in [0.15, 0.2) is 0 Å². The summed E-state index contributed by atoms with van der Waals surface area (Å²) in [5, 5.41) is 9.48. The Labute approximate surface area is 169 Å². The number of sulfonamides is 1. The molecule has 0 N–H and O–H groups in total. The van der Waals surface area contributed by atoms with E-state index in [0.29, 0.717) is 12.8 Å². The maximum Gasteiger partial charge on any atom is 0.244 e. The lowest BCUT2D eigenvalue weighted by molar-refractivity contribution is -0.134. The summed E-state index contributed by atoms with van der Waals surface area (Å²) < 4.78 is 28.2. The van der Waals surface area contributed by atoms with E-state index in [4.69, 9.17) is 28.5 Å². The van der Waals surface area contributed by atoms with E-state index in [-0.39, 0.29) is 39.9 Å². The summed E-state index contributed by atoms with van der Waals surface area (Å²) >= 11 is 12.0. The van der Waals surface area contributed by atoms with Crippen LogP contribution in [-0.4, -0.2) is 48.7 Å². The number of halogens is 2. The maximum atomic E-state index is 13.5. The molecule has 0 aromatic heterocycles. The van der Waals surface area contributed by atoms with Crippen molar-refractivity contribution in [3.05, 3.63) is 40.9 Å². The van der Waals surface area contributed by atoms with Gasteiger partial charge in [-0.1, -0.05) is 29.3 Å². The van der Waals surface area contributed by atoms with Gasteiger partial charge >= 0.3 is 0 Å². The Morgan fingerprint density at radius 3 is 2.52 bits per heavy atom. The van der Waals surface area contributed by atoms with Crippen molar-refractivity contribution in [2.24, 2.45) is 5.92 Å². The van der Waals surface area contributed by atoms with E-state index in [1.54, 1.807) is 6.08 Å². The van der Waals surface area contributed by atoms with Crippen LogP contribution in [0.1, 0.15) is 19.3 Å². The molecule has 9 heteroatoms. The van der Waals surface area contributed by atoms with Crippen molar-refractivity contribution in [3.8, 4) is 6.07 Å². The average Bonchev–Trinajstić information content (AvgIpc) is 2.68. The Morgan fingerprint density at radius 1 is 1.26 bits per heavy atom. The van der Waals surface area contributed by atoms with Gasteiger partial charge in [-0.25, -0.2) is 8.42 Å². The lowest BCUT2D eigenvalue weighted by atomic mass is 9.90. The second kappa shape index (κ2) is 7.80. The fraction of sp³-hybridized carbons (Fsp3) is 0.444.